The van der Waals surface area contributed by atoms with E-state index in [1.165, 1.54) is 56.9 Å². The lowest BCUT2D eigenvalue weighted by molar-refractivity contribution is -0.144. The zero-order chi connectivity index (χ0) is 23.1. The molecular weight excluding hydrogens is 400 g/mol. The molecule has 0 N–H and O–H groups in total. The summed E-state index contributed by atoms with van der Waals surface area (Å²) in [7, 11) is 0. The molecule has 1 rings (SSSR count). The van der Waals surface area contributed by atoms with E-state index in [9.17, 15) is 9.59 Å². The SMILES string of the molecule is CCCCCCCCCCCCOC(=O)CCCCCC(=O)OCCCc1ccccc1. The minimum atomic E-state index is -0.137. The predicted molar refractivity (Wildman–Crippen MR) is 132 cm³/mol. The third kappa shape index (κ3) is 17.8. The summed E-state index contributed by atoms with van der Waals surface area (Å²) in [6, 6.07) is 10.2. The Balaban J connectivity index is 1.81. The Hall–Kier alpha value is -1.84. The van der Waals surface area contributed by atoms with Crippen LogP contribution in [-0.4, -0.2) is 25.2 Å². The Morgan fingerprint density at radius 3 is 1.62 bits per heavy atom. The molecule has 0 amide bonds. The Bertz CT molecular complexity index is 570. The second-order valence-corrected chi connectivity index (χ2v) is 8.77. The average molecular weight is 447 g/mol. The molecule has 0 aliphatic carbocycles. The van der Waals surface area contributed by atoms with Crippen molar-refractivity contribution in [3.05, 3.63) is 35.9 Å². The van der Waals surface area contributed by atoms with E-state index < -0.39 is 0 Å². The van der Waals surface area contributed by atoms with Gasteiger partial charge in [-0.2, -0.15) is 0 Å². The monoisotopic (exact) mass is 446 g/mol. The lowest BCUT2D eigenvalue weighted by Crippen LogP contribution is -2.07. The molecule has 1 aromatic carbocycles. The van der Waals surface area contributed by atoms with Crippen LogP contribution >= 0.6 is 0 Å². The van der Waals surface area contributed by atoms with Crippen LogP contribution in [0.15, 0.2) is 30.3 Å². The van der Waals surface area contributed by atoms with Crippen LogP contribution < -0.4 is 0 Å². The molecule has 182 valence electrons. The van der Waals surface area contributed by atoms with E-state index in [2.05, 4.69) is 19.1 Å². The second kappa shape index (κ2) is 21.0. The van der Waals surface area contributed by atoms with Crippen molar-refractivity contribution in [1.82, 2.24) is 0 Å². The van der Waals surface area contributed by atoms with E-state index in [0.717, 1.165) is 44.9 Å². The first kappa shape index (κ1) is 28.2. The van der Waals surface area contributed by atoms with Crippen LogP contribution in [0.4, 0.5) is 0 Å². The van der Waals surface area contributed by atoms with Crippen LogP contribution in [-0.2, 0) is 25.5 Å². The smallest absolute Gasteiger partial charge is 0.305 e. The molecule has 0 aliphatic rings. The fraction of sp³-hybridized carbons (Fsp3) is 0.714. The lowest BCUT2D eigenvalue weighted by atomic mass is 10.1. The minimum absolute atomic E-state index is 0.107. The molecule has 4 heteroatoms. The largest absolute Gasteiger partial charge is 0.466 e. The molecule has 0 saturated carbocycles. The number of aryl methyl sites for hydroxylation is 1. The molecule has 4 nitrogen and oxygen atoms in total. The molecule has 0 aliphatic heterocycles. The van der Waals surface area contributed by atoms with E-state index in [1.54, 1.807) is 0 Å². The first-order valence-corrected chi connectivity index (χ1v) is 13.1. The van der Waals surface area contributed by atoms with Crippen LogP contribution in [0.2, 0.25) is 0 Å². The molecule has 0 atom stereocenters. The van der Waals surface area contributed by atoms with Crippen molar-refractivity contribution >= 4 is 11.9 Å². The normalized spacial score (nSPS) is 10.8. The van der Waals surface area contributed by atoms with Crippen LogP contribution in [0.1, 0.15) is 115 Å². The molecule has 0 saturated heterocycles. The Morgan fingerprint density at radius 2 is 1.06 bits per heavy atom. The van der Waals surface area contributed by atoms with Crippen molar-refractivity contribution in [1.29, 1.82) is 0 Å². The van der Waals surface area contributed by atoms with Crippen molar-refractivity contribution in [2.24, 2.45) is 0 Å². The van der Waals surface area contributed by atoms with Gasteiger partial charge < -0.3 is 9.47 Å². The number of carbonyl (C=O) groups is 2. The fourth-order valence-electron chi connectivity index (χ4n) is 3.74. The van der Waals surface area contributed by atoms with Crippen LogP contribution in [0, 0.1) is 0 Å². The van der Waals surface area contributed by atoms with Gasteiger partial charge in [-0.25, -0.2) is 0 Å². The lowest BCUT2D eigenvalue weighted by Gasteiger charge is -2.06. The van der Waals surface area contributed by atoms with E-state index >= 15 is 0 Å². The molecule has 0 unspecified atom stereocenters. The van der Waals surface area contributed by atoms with E-state index in [1.807, 2.05) is 18.2 Å². The van der Waals surface area contributed by atoms with Crippen LogP contribution in [0.5, 0.6) is 0 Å². The summed E-state index contributed by atoms with van der Waals surface area (Å²) in [5.74, 6) is -0.244. The van der Waals surface area contributed by atoms with Gasteiger partial charge in [0.2, 0.25) is 0 Å². The van der Waals surface area contributed by atoms with Crippen molar-refractivity contribution in [3.63, 3.8) is 0 Å². The third-order valence-corrected chi connectivity index (χ3v) is 5.74. The molecule has 0 aromatic heterocycles. The number of rotatable bonds is 21. The van der Waals surface area contributed by atoms with E-state index in [0.29, 0.717) is 26.1 Å². The van der Waals surface area contributed by atoms with Crippen molar-refractivity contribution < 1.29 is 19.1 Å². The zero-order valence-electron chi connectivity index (χ0n) is 20.5. The third-order valence-electron chi connectivity index (χ3n) is 5.74. The fourth-order valence-corrected chi connectivity index (χ4v) is 3.74. The van der Waals surface area contributed by atoms with Gasteiger partial charge in [-0.1, -0.05) is 101 Å². The molecule has 0 bridgehead atoms. The van der Waals surface area contributed by atoms with Gasteiger partial charge in [0.05, 0.1) is 13.2 Å². The van der Waals surface area contributed by atoms with Crippen molar-refractivity contribution in [2.75, 3.05) is 13.2 Å². The molecule has 0 fully saturated rings. The summed E-state index contributed by atoms with van der Waals surface area (Å²) in [4.78, 5) is 23.5. The summed E-state index contributed by atoms with van der Waals surface area (Å²) in [5.41, 5.74) is 1.27. The average Bonchev–Trinajstić information content (AvgIpc) is 2.80. The summed E-state index contributed by atoms with van der Waals surface area (Å²) in [5, 5.41) is 0. The highest BCUT2D eigenvalue weighted by atomic mass is 16.5. The first-order valence-electron chi connectivity index (χ1n) is 13.1. The molecule has 1 aromatic rings. The standard InChI is InChI=1S/C28H46O4/c1-2-3-4-5-6-7-8-9-10-17-24-31-27(29)22-15-12-16-23-28(30)32-25-18-21-26-19-13-11-14-20-26/h11,13-14,19-20H,2-10,12,15-18,21-25H2,1H3. The van der Waals surface area contributed by atoms with Gasteiger partial charge in [-0.15, -0.1) is 0 Å². The second-order valence-electron chi connectivity index (χ2n) is 8.77. The highest BCUT2D eigenvalue weighted by Gasteiger charge is 2.05. The maximum Gasteiger partial charge on any atom is 0.305 e. The summed E-state index contributed by atoms with van der Waals surface area (Å²) >= 11 is 0. The van der Waals surface area contributed by atoms with Gasteiger partial charge in [0.15, 0.2) is 0 Å². The Kier molecular flexibility index (Phi) is 18.5. The van der Waals surface area contributed by atoms with E-state index in [-0.39, 0.29) is 11.9 Å². The minimum Gasteiger partial charge on any atom is -0.466 e. The van der Waals surface area contributed by atoms with Crippen molar-refractivity contribution in [3.8, 4) is 0 Å². The van der Waals surface area contributed by atoms with Crippen LogP contribution in [0.25, 0.3) is 0 Å². The van der Waals surface area contributed by atoms with Crippen LogP contribution in [0.3, 0.4) is 0 Å². The van der Waals surface area contributed by atoms with Gasteiger partial charge in [0.1, 0.15) is 0 Å². The number of hydrogen-bond donors (Lipinski definition) is 0. The summed E-state index contributed by atoms with van der Waals surface area (Å²) < 4.78 is 10.6. The van der Waals surface area contributed by atoms with Gasteiger partial charge in [0.25, 0.3) is 0 Å². The van der Waals surface area contributed by atoms with Gasteiger partial charge in [-0.05, 0) is 37.7 Å². The van der Waals surface area contributed by atoms with Crippen molar-refractivity contribution in [2.45, 2.75) is 116 Å². The number of benzene rings is 1. The highest BCUT2D eigenvalue weighted by molar-refractivity contribution is 5.69. The number of esters is 2. The molecular formula is C28H46O4. The predicted octanol–water partition coefficient (Wildman–Crippen LogP) is 7.58. The highest BCUT2D eigenvalue weighted by Crippen LogP contribution is 2.11. The maximum atomic E-state index is 11.8. The van der Waals surface area contributed by atoms with E-state index in [4.69, 9.17) is 9.47 Å². The number of hydrogen-bond acceptors (Lipinski definition) is 4. The molecule has 0 radical (unpaired) electrons. The molecule has 0 heterocycles. The number of carbonyl (C=O) groups excluding carboxylic acids is 2. The molecule has 0 spiro atoms. The zero-order valence-corrected chi connectivity index (χ0v) is 20.5. The number of ether oxygens (including phenoxy) is 2. The Labute approximate surface area is 196 Å². The topological polar surface area (TPSA) is 52.6 Å². The Morgan fingerprint density at radius 1 is 0.594 bits per heavy atom. The first-order chi connectivity index (χ1) is 15.7. The number of unbranched alkanes of at least 4 members (excludes halogenated alkanes) is 11. The maximum absolute atomic E-state index is 11.8. The summed E-state index contributed by atoms with van der Waals surface area (Å²) in [6.45, 7) is 3.27. The van der Waals surface area contributed by atoms with Gasteiger partial charge >= 0.3 is 11.9 Å². The quantitative estimate of drug-likeness (QED) is 0.144. The van der Waals surface area contributed by atoms with Gasteiger partial charge in [0, 0.05) is 12.8 Å². The molecule has 32 heavy (non-hydrogen) atoms. The van der Waals surface area contributed by atoms with Gasteiger partial charge in [-0.3, -0.25) is 9.59 Å². The summed E-state index contributed by atoms with van der Waals surface area (Å²) in [6.07, 6.45) is 17.8.